The van der Waals surface area contributed by atoms with Gasteiger partial charge in [0.2, 0.25) is 5.91 Å². The normalized spacial score (nSPS) is 17.8. The standard InChI is InChI=1S/C25H31ClN8O4S/c1-29-22(37)14(4-2-3-7-30-25(27)28)8-20(36)18-13-39-23(32-18)19-9-16(35)11-34(19)24(38)17-12-33-10-15(26)5-6-21(33)31-17/h5-6,10,12-14,16,19,35H,2-4,7-9,11H2,1H3,(H,29,37)(H4,27,28,30)/t14-,16-,19-/m1/s1. The van der Waals surface area contributed by atoms with Gasteiger partial charge in [-0.1, -0.05) is 18.0 Å². The maximum Gasteiger partial charge on any atom is 0.274 e. The number of carbonyl (C=O) groups excluding carboxylic acids is 3. The van der Waals surface area contributed by atoms with E-state index < -0.39 is 18.1 Å². The second-order valence-corrected chi connectivity index (χ2v) is 10.7. The molecule has 4 rings (SSSR count). The molecule has 2 amide bonds. The van der Waals surface area contributed by atoms with Gasteiger partial charge in [0.05, 0.1) is 17.2 Å². The topological polar surface area (TPSA) is 181 Å². The first-order valence-corrected chi connectivity index (χ1v) is 13.8. The molecule has 0 saturated carbocycles. The van der Waals surface area contributed by atoms with E-state index in [9.17, 15) is 19.5 Å². The third-order valence-corrected chi connectivity index (χ3v) is 7.74. The number of ketones is 1. The van der Waals surface area contributed by atoms with E-state index in [1.54, 1.807) is 34.3 Å². The summed E-state index contributed by atoms with van der Waals surface area (Å²) in [6, 6.07) is 2.90. The number of pyridine rings is 1. The SMILES string of the molecule is CNC(=O)[C@H](CCCCN=C(N)N)CC(=O)c1csc([C@H]2C[C@@H](O)CN2C(=O)c2cn3cc(Cl)ccc3n2)n1. The first-order chi connectivity index (χ1) is 18.7. The van der Waals surface area contributed by atoms with Gasteiger partial charge in [0.15, 0.2) is 11.7 Å². The van der Waals surface area contributed by atoms with Gasteiger partial charge in [-0.25, -0.2) is 9.97 Å². The molecule has 14 heteroatoms. The fourth-order valence-electron chi connectivity index (χ4n) is 4.62. The van der Waals surface area contributed by atoms with E-state index in [0.717, 1.165) is 0 Å². The third kappa shape index (κ3) is 6.91. The van der Waals surface area contributed by atoms with Crippen LogP contribution < -0.4 is 16.8 Å². The number of unbranched alkanes of at least 4 members (excludes halogenated alkanes) is 1. The third-order valence-electron chi connectivity index (χ3n) is 6.57. The van der Waals surface area contributed by atoms with Crippen LogP contribution in [0.3, 0.4) is 0 Å². The first kappa shape index (κ1) is 28.5. The number of guanidine groups is 1. The van der Waals surface area contributed by atoms with Crippen molar-refractivity contribution in [2.24, 2.45) is 22.4 Å². The fraction of sp³-hybridized carbons (Fsp3) is 0.440. The zero-order valence-corrected chi connectivity index (χ0v) is 23.0. The Kier molecular flexibility index (Phi) is 9.15. The van der Waals surface area contributed by atoms with E-state index in [1.165, 1.54) is 23.3 Å². The summed E-state index contributed by atoms with van der Waals surface area (Å²) in [4.78, 5) is 53.2. The van der Waals surface area contributed by atoms with Crippen LogP contribution in [0.1, 0.15) is 64.1 Å². The number of nitrogens with zero attached hydrogens (tertiary/aromatic N) is 5. The van der Waals surface area contributed by atoms with Gasteiger partial charge in [0.1, 0.15) is 22.0 Å². The molecule has 0 unspecified atom stereocenters. The minimum atomic E-state index is -0.731. The van der Waals surface area contributed by atoms with E-state index in [1.807, 2.05) is 0 Å². The van der Waals surface area contributed by atoms with Crippen molar-refractivity contribution in [1.29, 1.82) is 0 Å². The van der Waals surface area contributed by atoms with E-state index in [0.29, 0.717) is 47.9 Å². The Balaban J connectivity index is 1.44. The number of likely N-dealkylation sites (tertiary alicyclic amines) is 1. The molecule has 3 atom stereocenters. The van der Waals surface area contributed by atoms with Gasteiger partial charge < -0.3 is 31.2 Å². The van der Waals surface area contributed by atoms with Gasteiger partial charge in [-0.05, 0) is 25.0 Å². The van der Waals surface area contributed by atoms with Gasteiger partial charge in [-0.15, -0.1) is 11.3 Å². The highest BCUT2D eigenvalue weighted by atomic mass is 35.5. The van der Waals surface area contributed by atoms with Crippen molar-refractivity contribution in [2.45, 2.75) is 44.2 Å². The van der Waals surface area contributed by atoms with Crippen LogP contribution in [-0.2, 0) is 4.79 Å². The number of nitrogens with one attached hydrogen (secondary N) is 1. The highest BCUT2D eigenvalue weighted by Crippen LogP contribution is 2.35. The molecule has 1 aliphatic rings. The van der Waals surface area contributed by atoms with E-state index >= 15 is 0 Å². The number of thiazole rings is 1. The number of aliphatic imine (C=N–C) groups is 1. The van der Waals surface area contributed by atoms with E-state index in [4.69, 9.17) is 23.1 Å². The Bertz CT molecular complexity index is 1390. The van der Waals surface area contributed by atoms with Crippen molar-refractivity contribution in [3.05, 3.63) is 51.3 Å². The Morgan fingerprint density at radius 2 is 2.03 bits per heavy atom. The zero-order valence-electron chi connectivity index (χ0n) is 21.4. The second kappa shape index (κ2) is 12.5. The molecule has 6 N–H and O–H groups in total. The molecule has 12 nitrogen and oxygen atoms in total. The Morgan fingerprint density at radius 1 is 1.23 bits per heavy atom. The molecule has 0 radical (unpaired) electrons. The lowest BCUT2D eigenvalue weighted by Crippen LogP contribution is -2.32. The molecule has 0 aliphatic carbocycles. The Morgan fingerprint density at radius 3 is 2.77 bits per heavy atom. The van der Waals surface area contributed by atoms with E-state index in [-0.39, 0.29) is 47.9 Å². The zero-order chi connectivity index (χ0) is 28.1. The molecule has 1 saturated heterocycles. The maximum absolute atomic E-state index is 13.4. The summed E-state index contributed by atoms with van der Waals surface area (Å²) in [6.07, 6.45) is 4.69. The summed E-state index contributed by atoms with van der Waals surface area (Å²) < 4.78 is 1.67. The lowest BCUT2D eigenvalue weighted by atomic mass is 9.94. The van der Waals surface area contributed by atoms with Crippen LogP contribution in [0.25, 0.3) is 5.65 Å². The number of amides is 2. The van der Waals surface area contributed by atoms with Crippen LogP contribution in [0, 0.1) is 5.92 Å². The number of carbonyl (C=O) groups is 3. The lowest BCUT2D eigenvalue weighted by Gasteiger charge is -2.21. The number of hydrogen-bond acceptors (Lipinski definition) is 8. The average molecular weight is 575 g/mol. The first-order valence-electron chi connectivity index (χ1n) is 12.5. The molecule has 1 aliphatic heterocycles. The van der Waals surface area contributed by atoms with Gasteiger partial charge >= 0.3 is 0 Å². The summed E-state index contributed by atoms with van der Waals surface area (Å²) in [6.45, 7) is 0.580. The number of hydrogen-bond donors (Lipinski definition) is 4. The number of imidazole rings is 1. The number of aliphatic hydroxyl groups is 1. The second-order valence-electron chi connectivity index (χ2n) is 9.41. The van der Waals surface area contributed by atoms with Crippen molar-refractivity contribution < 1.29 is 19.5 Å². The van der Waals surface area contributed by atoms with Gasteiger partial charge in [-0.3, -0.25) is 19.4 Å². The summed E-state index contributed by atoms with van der Waals surface area (Å²) in [5.41, 5.74) is 11.7. The van der Waals surface area contributed by atoms with Crippen molar-refractivity contribution >= 4 is 52.1 Å². The molecule has 0 bridgehead atoms. The highest BCUT2D eigenvalue weighted by Gasteiger charge is 2.38. The molecule has 1 fully saturated rings. The summed E-state index contributed by atoms with van der Waals surface area (Å²) in [5.74, 6) is -1.32. The summed E-state index contributed by atoms with van der Waals surface area (Å²) in [7, 11) is 1.54. The van der Waals surface area contributed by atoms with E-state index in [2.05, 4.69) is 20.3 Å². The smallest absolute Gasteiger partial charge is 0.274 e. The average Bonchev–Trinajstić information content (AvgIpc) is 3.64. The minimum Gasteiger partial charge on any atom is -0.391 e. The Labute approximate surface area is 234 Å². The lowest BCUT2D eigenvalue weighted by molar-refractivity contribution is -0.124. The van der Waals surface area contributed by atoms with Gasteiger partial charge in [0, 0.05) is 56.7 Å². The van der Waals surface area contributed by atoms with Crippen molar-refractivity contribution in [3.8, 4) is 0 Å². The van der Waals surface area contributed by atoms with Crippen molar-refractivity contribution in [2.75, 3.05) is 20.1 Å². The molecule has 208 valence electrons. The largest absolute Gasteiger partial charge is 0.391 e. The highest BCUT2D eigenvalue weighted by molar-refractivity contribution is 7.09. The van der Waals surface area contributed by atoms with Gasteiger partial charge in [0.25, 0.3) is 5.91 Å². The molecule has 3 aromatic rings. The monoisotopic (exact) mass is 574 g/mol. The number of aliphatic hydroxyl groups excluding tert-OH is 1. The van der Waals surface area contributed by atoms with Crippen LogP contribution >= 0.6 is 22.9 Å². The predicted molar refractivity (Wildman–Crippen MR) is 148 cm³/mol. The molecule has 0 aromatic carbocycles. The van der Waals surface area contributed by atoms with Gasteiger partial charge in [-0.2, -0.15) is 0 Å². The molecule has 4 heterocycles. The van der Waals surface area contributed by atoms with Crippen molar-refractivity contribution in [1.82, 2.24) is 24.6 Å². The van der Waals surface area contributed by atoms with Crippen LogP contribution in [0.5, 0.6) is 0 Å². The molecule has 3 aromatic heterocycles. The van der Waals surface area contributed by atoms with Crippen molar-refractivity contribution in [3.63, 3.8) is 0 Å². The predicted octanol–water partition coefficient (Wildman–Crippen LogP) is 1.77. The molecular formula is C25H31ClN8O4S. The number of halogens is 1. The summed E-state index contributed by atoms with van der Waals surface area (Å²) >= 11 is 7.29. The number of aromatic nitrogens is 3. The maximum atomic E-state index is 13.4. The number of nitrogens with two attached hydrogens (primary N) is 2. The number of fused-ring (bicyclic) bond motifs is 1. The molecular weight excluding hydrogens is 544 g/mol. The Hall–Kier alpha value is -3.55. The molecule has 0 spiro atoms. The number of β-amino-alcohol motifs (C(OH)–C–C–N with tert-alkyl or cyclic N) is 1. The summed E-state index contributed by atoms with van der Waals surface area (Å²) in [5, 5.41) is 15.7. The van der Waals surface area contributed by atoms with Crippen LogP contribution in [0.4, 0.5) is 0 Å². The quantitative estimate of drug-likeness (QED) is 0.116. The van der Waals surface area contributed by atoms with Crippen LogP contribution in [0.15, 0.2) is 34.9 Å². The molecule has 39 heavy (non-hydrogen) atoms. The number of rotatable bonds is 11. The van der Waals surface area contributed by atoms with Crippen LogP contribution in [-0.4, -0.2) is 74.2 Å². The minimum absolute atomic E-state index is 0.00485. The fourth-order valence-corrected chi connectivity index (χ4v) is 5.74. The van der Waals surface area contributed by atoms with Crippen LogP contribution in [0.2, 0.25) is 5.02 Å². The number of Topliss-reactive ketones (excluding diaryl/α,β-unsaturated/α-hetero) is 1.